The average Bonchev–Trinajstić information content (AvgIpc) is 2.76. The molecule has 8 nitrogen and oxygen atoms in total. The van der Waals surface area contributed by atoms with Gasteiger partial charge in [0.25, 0.3) is 5.91 Å². The Labute approximate surface area is 176 Å². The Hall–Kier alpha value is -3.26. The maximum atomic E-state index is 12.1. The van der Waals surface area contributed by atoms with Gasteiger partial charge in [-0.1, -0.05) is 24.3 Å². The summed E-state index contributed by atoms with van der Waals surface area (Å²) in [4.78, 5) is 24.1. The van der Waals surface area contributed by atoms with Gasteiger partial charge in [0.05, 0.1) is 14.2 Å². The lowest BCUT2D eigenvalue weighted by Gasteiger charge is -2.17. The highest BCUT2D eigenvalue weighted by Gasteiger charge is 2.15. The SMILES string of the molecule is COc1cccc(OC)c1OCC(O)CNC(=O)CCNC(=O)c1ccccc1C. The van der Waals surface area contributed by atoms with Gasteiger partial charge in [-0.15, -0.1) is 0 Å². The molecule has 0 spiro atoms. The van der Waals surface area contributed by atoms with Gasteiger partial charge in [0.2, 0.25) is 11.7 Å². The van der Waals surface area contributed by atoms with Gasteiger partial charge in [0, 0.05) is 25.1 Å². The molecule has 0 aliphatic rings. The Morgan fingerprint density at radius 3 is 2.30 bits per heavy atom. The first-order chi connectivity index (χ1) is 14.5. The third-order valence-electron chi connectivity index (χ3n) is 4.36. The summed E-state index contributed by atoms with van der Waals surface area (Å²) < 4.78 is 16.1. The maximum Gasteiger partial charge on any atom is 0.251 e. The van der Waals surface area contributed by atoms with Crippen molar-refractivity contribution in [3.8, 4) is 17.2 Å². The van der Waals surface area contributed by atoms with E-state index >= 15 is 0 Å². The Bertz CT molecular complexity index is 833. The Morgan fingerprint density at radius 1 is 1.00 bits per heavy atom. The summed E-state index contributed by atoms with van der Waals surface area (Å²) >= 11 is 0. The number of rotatable bonds is 11. The molecule has 3 N–H and O–H groups in total. The fourth-order valence-corrected chi connectivity index (χ4v) is 2.73. The largest absolute Gasteiger partial charge is 0.493 e. The van der Waals surface area contributed by atoms with Crippen molar-refractivity contribution in [3.05, 3.63) is 53.6 Å². The van der Waals surface area contributed by atoms with E-state index in [2.05, 4.69) is 10.6 Å². The number of hydrogen-bond acceptors (Lipinski definition) is 6. The van der Waals surface area contributed by atoms with Crippen LogP contribution in [0.2, 0.25) is 0 Å². The summed E-state index contributed by atoms with van der Waals surface area (Å²) in [7, 11) is 3.02. The van der Waals surface area contributed by atoms with Crippen molar-refractivity contribution < 1.29 is 28.9 Å². The summed E-state index contributed by atoms with van der Waals surface area (Å²) in [6.45, 7) is 2.01. The van der Waals surface area contributed by atoms with Gasteiger partial charge in [-0.2, -0.15) is 0 Å². The number of ether oxygens (including phenoxy) is 3. The standard InChI is InChI=1S/C22H28N2O6/c1-15-7-4-5-8-17(15)22(27)23-12-11-20(26)24-13-16(25)14-30-21-18(28-2)9-6-10-19(21)29-3/h4-10,16,25H,11-14H2,1-3H3,(H,23,27)(H,24,26). The smallest absolute Gasteiger partial charge is 0.251 e. The molecule has 0 aromatic heterocycles. The van der Waals surface area contributed by atoms with Gasteiger partial charge in [-0.05, 0) is 30.7 Å². The van der Waals surface area contributed by atoms with Gasteiger partial charge in [-0.25, -0.2) is 0 Å². The number of aliphatic hydroxyl groups is 1. The molecule has 2 rings (SSSR count). The summed E-state index contributed by atoms with van der Waals surface area (Å²) in [5, 5.41) is 15.4. The zero-order valence-corrected chi connectivity index (χ0v) is 17.4. The minimum absolute atomic E-state index is 0.0159. The fourth-order valence-electron chi connectivity index (χ4n) is 2.73. The number of hydrogen-bond donors (Lipinski definition) is 3. The van der Waals surface area contributed by atoms with E-state index in [-0.39, 0.29) is 37.9 Å². The second-order valence-electron chi connectivity index (χ2n) is 6.58. The lowest BCUT2D eigenvalue weighted by Crippen LogP contribution is -2.37. The predicted molar refractivity (Wildman–Crippen MR) is 112 cm³/mol. The zero-order chi connectivity index (χ0) is 21.9. The maximum absolute atomic E-state index is 12.1. The molecule has 0 aliphatic carbocycles. The van der Waals surface area contributed by atoms with Crippen molar-refractivity contribution in [2.75, 3.05) is 33.9 Å². The molecular weight excluding hydrogens is 388 g/mol. The van der Waals surface area contributed by atoms with E-state index in [4.69, 9.17) is 14.2 Å². The molecule has 0 radical (unpaired) electrons. The van der Waals surface area contributed by atoms with Gasteiger partial charge in [-0.3, -0.25) is 9.59 Å². The highest BCUT2D eigenvalue weighted by Crippen LogP contribution is 2.36. The first-order valence-electron chi connectivity index (χ1n) is 9.58. The molecule has 1 unspecified atom stereocenters. The van der Waals surface area contributed by atoms with Crippen LogP contribution in [0.1, 0.15) is 22.3 Å². The molecule has 162 valence electrons. The van der Waals surface area contributed by atoms with Crippen LogP contribution in [-0.2, 0) is 4.79 Å². The van der Waals surface area contributed by atoms with E-state index in [0.29, 0.717) is 22.8 Å². The molecule has 0 saturated heterocycles. The number of para-hydroxylation sites is 1. The number of carbonyl (C=O) groups is 2. The molecule has 2 aromatic carbocycles. The Morgan fingerprint density at radius 2 is 1.67 bits per heavy atom. The van der Waals surface area contributed by atoms with Crippen molar-refractivity contribution in [3.63, 3.8) is 0 Å². The molecule has 8 heteroatoms. The zero-order valence-electron chi connectivity index (χ0n) is 17.4. The van der Waals surface area contributed by atoms with Crippen molar-refractivity contribution in [2.24, 2.45) is 0 Å². The first kappa shape index (κ1) is 23.0. The van der Waals surface area contributed by atoms with E-state index < -0.39 is 6.10 Å². The normalized spacial score (nSPS) is 11.3. The molecule has 2 amide bonds. The lowest BCUT2D eigenvalue weighted by atomic mass is 10.1. The van der Waals surface area contributed by atoms with Gasteiger partial charge in [0.1, 0.15) is 12.7 Å². The van der Waals surface area contributed by atoms with Crippen molar-refractivity contribution >= 4 is 11.8 Å². The van der Waals surface area contributed by atoms with E-state index in [0.717, 1.165) is 5.56 Å². The summed E-state index contributed by atoms with van der Waals surface area (Å²) in [5.41, 5.74) is 1.45. The van der Waals surface area contributed by atoms with Gasteiger partial charge < -0.3 is 30.0 Å². The predicted octanol–water partition coefficient (Wildman–Crippen LogP) is 1.69. The second-order valence-corrected chi connectivity index (χ2v) is 6.58. The van der Waals surface area contributed by atoms with Crippen molar-refractivity contribution in [2.45, 2.75) is 19.4 Å². The number of amides is 2. The topological polar surface area (TPSA) is 106 Å². The van der Waals surface area contributed by atoms with Crippen LogP contribution >= 0.6 is 0 Å². The van der Waals surface area contributed by atoms with Crippen LogP contribution in [0.15, 0.2) is 42.5 Å². The number of nitrogens with one attached hydrogen (secondary N) is 2. The van der Waals surface area contributed by atoms with Crippen LogP contribution in [0.3, 0.4) is 0 Å². The minimum Gasteiger partial charge on any atom is -0.493 e. The third kappa shape index (κ3) is 6.66. The molecule has 0 fully saturated rings. The fraction of sp³-hybridized carbons (Fsp3) is 0.364. The van der Waals surface area contributed by atoms with Crippen LogP contribution in [0, 0.1) is 6.92 Å². The summed E-state index contributed by atoms with van der Waals surface area (Å²) in [6.07, 6.45) is -0.823. The summed E-state index contributed by atoms with van der Waals surface area (Å²) in [6, 6.07) is 12.4. The van der Waals surface area contributed by atoms with Crippen molar-refractivity contribution in [1.82, 2.24) is 10.6 Å². The van der Waals surface area contributed by atoms with E-state index in [1.54, 1.807) is 30.3 Å². The molecule has 0 aliphatic heterocycles. The molecule has 0 saturated carbocycles. The monoisotopic (exact) mass is 416 g/mol. The molecule has 30 heavy (non-hydrogen) atoms. The van der Waals surface area contributed by atoms with Crippen molar-refractivity contribution in [1.29, 1.82) is 0 Å². The van der Waals surface area contributed by atoms with E-state index in [1.165, 1.54) is 14.2 Å². The van der Waals surface area contributed by atoms with Gasteiger partial charge >= 0.3 is 0 Å². The Kier molecular flexibility index (Phi) is 8.96. The van der Waals surface area contributed by atoms with Crippen LogP contribution < -0.4 is 24.8 Å². The number of aliphatic hydroxyl groups excluding tert-OH is 1. The van der Waals surface area contributed by atoms with E-state index in [1.807, 2.05) is 19.1 Å². The van der Waals surface area contributed by atoms with Crippen LogP contribution in [-0.4, -0.2) is 56.9 Å². The second kappa shape index (κ2) is 11.7. The van der Waals surface area contributed by atoms with Gasteiger partial charge in [0.15, 0.2) is 11.5 Å². The van der Waals surface area contributed by atoms with Crippen LogP contribution in [0.4, 0.5) is 0 Å². The molecule has 0 heterocycles. The third-order valence-corrected chi connectivity index (χ3v) is 4.36. The molecule has 1 atom stereocenters. The number of benzene rings is 2. The first-order valence-corrected chi connectivity index (χ1v) is 9.58. The summed E-state index contributed by atoms with van der Waals surface area (Å²) in [5.74, 6) is 0.839. The highest BCUT2D eigenvalue weighted by molar-refractivity contribution is 5.95. The number of methoxy groups -OCH3 is 2. The highest BCUT2D eigenvalue weighted by atomic mass is 16.5. The molecule has 0 bridgehead atoms. The molecule has 2 aromatic rings. The lowest BCUT2D eigenvalue weighted by molar-refractivity contribution is -0.121. The molecular formula is C22H28N2O6. The van der Waals surface area contributed by atoms with Crippen LogP contribution in [0.25, 0.3) is 0 Å². The minimum atomic E-state index is -0.926. The number of aryl methyl sites for hydroxylation is 1. The van der Waals surface area contributed by atoms with E-state index in [9.17, 15) is 14.7 Å². The quantitative estimate of drug-likeness (QED) is 0.515. The van der Waals surface area contributed by atoms with Crippen LogP contribution in [0.5, 0.6) is 17.2 Å². The average molecular weight is 416 g/mol. The Balaban J connectivity index is 1.71. The number of carbonyl (C=O) groups excluding carboxylic acids is 2.